The number of rotatable bonds is 6. The zero-order chi connectivity index (χ0) is 19.2. The number of thiazole rings is 1. The van der Waals surface area contributed by atoms with E-state index >= 15 is 0 Å². The third kappa shape index (κ3) is 4.93. The van der Waals surface area contributed by atoms with Crippen molar-refractivity contribution in [2.45, 2.75) is 26.5 Å². The molecule has 1 heterocycles. The van der Waals surface area contributed by atoms with E-state index in [1.54, 1.807) is 42.5 Å². The van der Waals surface area contributed by atoms with Gasteiger partial charge in [0, 0.05) is 17.5 Å². The summed E-state index contributed by atoms with van der Waals surface area (Å²) in [6.45, 7) is 4.11. The standard InChI is InChI=1S/C21H19N3O2S/c1-14(26-19-9-5-16(11-22)6-10-19)21(25)23-12-17-3-7-18(8-4-17)20-13-27-15(2)24-20/h3-10,13-14H,12H2,1-2H3,(H,23,25)/t14-/m1/s1. The van der Waals surface area contributed by atoms with E-state index in [-0.39, 0.29) is 5.91 Å². The third-order valence-electron chi connectivity index (χ3n) is 4.00. The predicted octanol–water partition coefficient (Wildman–Crippen LogP) is 4.07. The lowest BCUT2D eigenvalue weighted by atomic mass is 10.1. The first-order valence-corrected chi connectivity index (χ1v) is 9.39. The van der Waals surface area contributed by atoms with Crippen molar-refractivity contribution in [2.24, 2.45) is 0 Å². The van der Waals surface area contributed by atoms with Gasteiger partial charge in [0.05, 0.1) is 22.3 Å². The summed E-state index contributed by atoms with van der Waals surface area (Å²) in [5, 5.41) is 14.8. The molecule has 5 nitrogen and oxygen atoms in total. The minimum absolute atomic E-state index is 0.196. The van der Waals surface area contributed by atoms with Gasteiger partial charge in [0.2, 0.25) is 0 Å². The molecule has 27 heavy (non-hydrogen) atoms. The molecule has 1 amide bonds. The molecule has 1 atom stereocenters. The van der Waals surface area contributed by atoms with Gasteiger partial charge in [-0.2, -0.15) is 5.26 Å². The average molecular weight is 377 g/mol. The zero-order valence-corrected chi connectivity index (χ0v) is 15.9. The fraction of sp³-hybridized carbons (Fsp3) is 0.190. The van der Waals surface area contributed by atoms with Crippen molar-refractivity contribution in [2.75, 3.05) is 0 Å². The molecule has 0 saturated carbocycles. The number of carbonyl (C=O) groups is 1. The number of ether oxygens (including phenoxy) is 1. The molecule has 1 aromatic heterocycles. The summed E-state index contributed by atoms with van der Waals surface area (Å²) in [4.78, 5) is 16.7. The minimum Gasteiger partial charge on any atom is -0.481 e. The number of carbonyl (C=O) groups excluding carboxylic acids is 1. The molecule has 0 bridgehead atoms. The Balaban J connectivity index is 1.52. The van der Waals surface area contributed by atoms with Gasteiger partial charge in [-0.3, -0.25) is 4.79 Å². The Kier molecular flexibility index (Phi) is 5.84. The second kappa shape index (κ2) is 8.47. The third-order valence-corrected chi connectivity index (χ3v) is 4.77. The highest BCUT2D eigenvalue weighted by molar-refractivity contribution is 7.09. The molecule has 0 fully saturated rings. The van der Waals surface area contributed by atoms with Crippen LogP contribution in [-0.4, -0.2) is 17.0 Å². The average Bonchev–Trinajstić information content (AvgIpc) is 3.13. The monoisotopic (exact) mass is 377 g/mol. The Bertz CT molecular complexity index is 956. The zero-order valence-electron chi connectivity index (χ0n) is 15.1. The molecule has 0 aliphatic heterocycles. The van der Waals surface area contributed by atoms with Crippen molar-refractivity contribution in [1.82, 2.24) is 10.3 Å². The fourth-order valence-electron chi connectivity index (χ4n) is 2.49. The van der Waals surface area contributed by atoms with Crippen molar-refractivity contribution >= 4 is 17.2 Å². The Morgan fingerprint density at radius 3 is 2.52 bits per heavy atom. The number of nitrogens with one attached hydrogen (secondary N) is 1. The van der Waals surface area contributed by atoms with E-state index in [1.165, 1.54) is 0 Å². The second-order valence-electron chi connectivity index (χ2n) is 6.06. The molecule has 6 heteroatoms. The Morgan fingerprint density at radius 2 is 1.93 bits per heavy atom. The van der Waals surface area contributed by atoms with Crippen molar-refractivity contribution in [1.29, 1.82) is 5.26 Å². The van der Waals surface area contributed by atoms with Crippen molar-refractivity contribution < 1.29 is 9.53 Å². The lowest BCUT2D eigenvalue weighted by Crippen LogP contribution is -2.35. The number of nitriles is 1. The maximum atomic E-state index is 12.2. The highest BCUT2D eigenvalue weighted by Gasteiger charge is 2.14. The van der Waals surface area contributed by atoms with Crippen LogP contribution in [0, 0.1) is 18.3 Å². The first kappa shape index (κ1) is 18.6. The molecule has 0 unspecified atom stereocenters. The molecular weight excluding hydrogens is 358 g/mol. The fourth-order valence-corrected chi connectivity index (χ4v) is 3.11. The number of amides is 1. The smallest absolute Gasteiger partial charge is 0.261 e. The van der Waals surface area contributed by atoms with Gasteiger partial charge in [-0.1, -0.05) is 24.3 Å². The van der Waals surface area contributed by atoms with Crippen molar-refractivity contribution in [3.63, 3.8) is 0 Å². The van der Waals surface area contributed by atoms with Crippen LogP contribution >= 0.6 is 11.3 Å². The summed E-state index contributed by atoms with van der Waals surface area (Å²) in [5.41, 5.74) is 3.59. The van der Waals surface area contributed by atoms with Gasteiger partial charge in [0.15, 0.2) is 6.10 Å². The topological polar surface area (TPSA) is 75.0 Å². The number of nitrogens with zero attached hydrogens (tertiary/aromatic N) is 2. The van der Waals surface area contributed by atoms with Crippen LogP contribution in [-0.2, 0) is 11.3 Å². The number of hydrogen-bond acceptors (Lipinski definition) is 5. The molecule has 0 aliphatic rings. The van der Waals surface area contributed by atoms with Crippen molar-refractivity contribution in [3.05, 3.63) is 70.0 Å². The highest BCUT2D eigenvalue weighted by Crippen LogP contribution is 2.21. The van der Waals surface area contributed by atoms with Crippen molar-refractivity contribution in [3.8, 4) is 23.1 Å². The summed E-state index contributed by atoms with van der Waals surface area (Å²) in [7, 11) is 0. The lowest BCUT2D eigenvalue weighted by Gasteiger charge is -2.15. The maximum absolute atomic E-state index is 12.2. The predicted molar refractivity (Wildman–Crippen MR) is 105 cm³/mol. The first-order chi connectivity index (χ1) is 13.0. The molecule has 0 aliphatic carbocycles. The van der Waals surface area contributed by atoms with E-state index in [0.29, 0.717) is 17.9 Å². The summed E-state index contributed by atoms with van der Waals surface area (Å²) in [5.74, 6) is 0.359. The first-order valence-electron chi connectivity index (χ1n) is 8.51. The Hall–Kier alpha value is -3.17. The lowest BCUT2D eigenvalue weighted by molar-refractivity contribution is -0.127. The molecule has 3 rings (SSSR count). The molecular formula is C21H19N3O2S. The van der Waals surface area contributed by atoms with Crippen LogP contribution in [0.15, 0.2) is 53.9 Å². The number of aryl methyl sites for hydroxylation is 1. The van der Waals surface area contributed by atoms with Crippen LogP contribution in [0.2, 0.25) is 0 Å². The molecule has 0 spiro atoms. The Morgan fingerprint density at radius 1 is 1.22 bits per heavy atom. The highest BCUT2D eigenvalue weighted by atomic mass is 32.1. The van der Waals surface area contributed by atoms with Crippen LogP contribution < -0.4 is 10.1 Å². The van der Waals surface area contributed by atoms with E-state index in [0.717, 1.165) is 21.8 Å². The molecule has 1 N–H and O–H groups in total. The van der Waals surface area contributed by atoms with E-state index in [2.05, 4.69) is 10.3 Å². The molecule has 0 radical (unpaired) electrons. The van der Waals surface area contributed by atoms with Gasteiger partial charge in [-0.05, 0) is 43.7 Å². The Labute approximate surface area is 162 Å². The SMILES string of the molecule is Cc1nc(-c2ccc(CNC(=O)[C@@H](C)Oc3ccc(C#N)cc3)cc2)cs1. The molecule has 3 aromatic rings. The van der Waals surface area contributed by atoms with Gasteiger partial charge in [-0.25, -0.2) is 4.98 Å². The van der Waals surface area contributed by atoms with Gasteiger partial charge < -0.3 is 10.1 Å². The molecule has 2 aromatic carbocycles. The summed E-state index contributed by atoms with van der Waals surface area (Å²) in [6, 6.07) is 16.7. The van der Waals surface area contributed by atoms with Crippen LogP contribution in [0.5, 0.6) is 5.75 Å². The molecule has 0 saturated heterocycles. The van der Waals surface area contributed by atoms with E-state index in [4.69, 9.17) is 10.00 Å². The van der Waals surface area contributed by atoms with Gasteiger partial charge in [0.1, 0.15) is 5.75 Å². The van der Waals surface area contributed by atoms with Crippen LogP contribution in [0.4, 0.5) is 0 Å². The largest absolute Gasteiger partial charge is 0.481 e. The summed E-state index contributed by atoms with van der Waals surface area (Å²) >= 11 is 1.63. The van der Waals surface area contributed by atoms with E-state index in [1.807, 2.05) is 42.6 Å². The maximum Gasteiger partial charge on any atom is 0.261 e. The van der Waals surface area contributed by atoms with Crippen LogP contribution in [0.3, 0.4) is 0 Å². The number of aromatic nitrogens is 1. The van der Waals surface area contributed by atoms with Crippen LogP contribution in [0.25, 0.3) is 11.3 Å². The quantitative estimate of drug-likeness (QED) is 0.702. The number of benzene rings is 2. The van der Waals surface area contributed by atoms with Gasteiger partial charge in [-0.15, -0.1) is 11.3 Å². The van der Waals surface area contributed by atoms with E-state index < -0.39 is 6.10 Å². The molecule has 136 valence electrons. The normalized spacial score (nSPS) is 11.4. The van der Waals surface area contributed by atoms with Gasteiger partial charge >= 0.3 is 0 Å². The summed E-state index contributed by atoms with van der Waals surface area (Å²) < 4.78 is 5.61. The van der Waals surface area contributed by atoms with Crippen LogP contribution in [0.1, 0.15) is 23.1 Å². The summed E-state index contributed by atoms with van der Waals surface area (Å²) in [6.07, 6.45) is -0.629. The van der Waals surface area contributed by atoms with E-state index in [9.17, 15) is 4.79 Å². The number of hydrogen-bond donors (Lipinski definition) is 1. The minimum atomic E-state index is -0.629. The second-order valence-corrected chi connectivity index (χ2v) is 7.12. The van der Waals surface area contributed by atoms with Gasteiger partial charge in [0.25, 0.3) is 5.91 Å².